The number of hydrogen-bond donors (Lipinski definition) is 2. The van der Waals surface area contributed by atoms with Gasteiger partial charge in [-0.15, -0.1) is 10.2 Å². The second-order valence-electron chi connectivity index (χ2n) is 6.94. The Kier molecular flexibility index (Phi) is 3.23. The van der Waals surface area contributed by atoms with E-state index in [4.69, 9.17) is 0 Å². The molecule has 0 amide bonds. The molecule has 0 bridgehead atoms. The molecular weight excluding hydrogens is 312 g/mol. The SMILES string of the molecule is Cc1ccc(N[C@@H]2CC[C@@H](c3nnc4cnc5[nH]ccc5n34)C2)cc1. The number of hydrogen-bond acceptors (Lipinski definition) is 4. The van der Waals surface area contributed by atoms with Crippen LogP contribution in [0.4, 0.5) is 5.69 Å². The summed E-state index contributed by atoms with van der Waals surface area (Å²) in [6.45, 7) is 2.11. The molecule has 5 rings (SSSR count). The summed E-state index contributed by atoms with van der Waals surface area (Å²) in [7, 11) is 0. The Morgan fingerprint density at radius 1 is 1.12 bits per heavy atom. The number of aromatic nitrogens is 5. The van der Waals surface area contributed by atoms with Crippen molar-refractivity contribution in [2.24, 2.45) is 0 Å². The number of nitrogens with one attached hydrogen (secondary N) is 2. The predicted molar refractivity (Wildman–Crippen MR) is 97.8 cm³/mol. The normalized spacial score (nSPS) is 20.5. The smallest absolute Gasteiger partial charge is 0.179 e. The zero-order chi connectivity index (χ0) is 16.8. The molecule has 1 saturated carbocycles. The second-order valence-corrected chi connectivity index (χ2v) is 6.94. The van der Waals surface area contributed by atoms with E-state index in [1.165, 1.54) is 11.3 Å². The molecule has 3 aromatic heterocycles. The van der Waals surface area contributed by atoms with Gasteiger partial charge in [0.2, 0.25) is 0 Å². The van der Waals surface area contributed by atoms with Crippen molar-refractivity contribution < 1.29 is 0 Å². The first-order valence-corrected chi connectivity index (χ1v) is 8.78. The summed E-state index contributed by atoms with van der Waals surface area (Å²) in [6.07, 6.45) is 7.04. The van der Waals surface area contributed by atoms with Crippen molar-refractivity contribution in [2.45, 2.75) is 38.1 Å². The standard InChI is InChI=1S/C19H20N6/c1-12-2-5-14(6-3-12)22-15-7-4-13(10-15)19-24-23-17-11-21-18-16(25(17)19)8-9-20-18/h2-3,5-6,8-9,11,13,15,20,22H,4,7,10H2,1H3/t13-,15-/m1/s1. The zero-order valence-electron chi connectivity index (χ0n) is 14.1. The van der Waals surface area contributed by atoms with Crippen LogP contribution in [0.2, 0.25) is 0 Å². The van der Waals surface area contributed by atoms with Gasteiger partial charge in [-0.3, -0.25) is 4.40 Å². The van der Waals surface area contributed by atoms with Crippen LogP contribution in [0.5, 0.6) is 0 Å². The van der Waals surface area contributed by atoms with E-state index >= 15 is 0 Å². The zero-order valence-corrected chi connectivity index (χ0v) is 14.1. The van der Waals surface area contributed by atoms with Gasteiger partial charge in [-0.05, 0) is 44.4 Å². The highest BCUT2D eigenvalue weighted by atomic mass is 15.3. The lowest BCUT2D eigenvalue weighted by molar-refractivity contribution is 0.652. The lowest BCUT2D eigenvalue weighted by Crippen LogP contribution is -2.15. The Balaban J connectivity index is 1.42. The van der Waals surface area contributed by atoms with Crippen molar-refractivity contribution in [1.29, 1.82) is 0 Å². The lowest BCUT2D eigenvalue weighted by Gasteiger charge is -2.14. The molecular formula is C19H20N6. The Labute approximate surface area is 145 Å². The van der Waals surface area contributed by atoms with E-state index in [1.807, 2.05) is 12.3 Å². The first-order chi connectivity index (χ1) is 12.3. The summed E-state index contributed by atoms with van der Waals surface area (Å²) in [5.74, 6) is 1.47. The van der Waals surface area contributed by atoms with Crippen LogP contribution in [0.3, 0.4) is 0 Å². The van der Waals surface area contributed by atoms with Gasteiger partial charge in [0.25, 0.3) is 0 Å². The number of anilines is 1. The van der Waals surface area contributed by atoms with Crippen molar-refractivity contribution >= 4 is 22.5 Å². The average Bonchev–Trinajstić information content (AvgIpc) is 3.34. The highest BCUT2D eigenvalue weighted by Gasteiger charge is 2.29. The number of H-pyrrole nitrogens is 1. The fraction of sp³-hybridized carbons (Fsp3) is 0.316. The Morgan fingerprint density at radius 2 is 2.00 bits per heavy atom. The van der Waals surface area contributed by atoms with E-state index in [2.05, 4.69) is 61.1 Å². The average molecular weight is 332 g/mol. The Morgan fingerprint density at radius 3 is 2.88 bits per heavy atom. The number of nitrogens with zero attached hydrogens (tertiary/aromatic N) is 4. The molecule has 1 aliphatic rings. The van der Waals surface area contributed by atoms with E-state index in [0.717, 1.165) is 41.9 Å². The number of benzene rings is 1. The molecule has 0 saturated heterocycles. The number of aromatic amines is 1. The first-order valence-electron chi connectivity index (χ1n) is 8.78. The molecule has 1 aromatic carbocycles. The largest absolute Gasteiger partial charge is 0.382 e. The maximum Gasteiger partial charge on any atom is 0.179 e. The van der Waals surface area contributed by atoms with Crippen LogP contribution in [0, 0.1) is 6.92 Å². The lowest BCUT2D eigenvalue weighted by atomic mass is 10.1. The molecule has 0 unspecified atom stereocenters. The summed E-state index contributed by atoms with van der Waals surface area (Å²) < 4.78 is 2.15. The fourth-order valence-electron chi connectivity index (χ4n) is 3.90. The van der Waals surface area contributed by atoms with Crippen molar-refractivity contribution in [2.75, 3.05) is 5.32 Å². The minimum atomic E-state index is 0.415. The van der Waals surface area contributed by atoms with Gasteiger partial charge in [0.15, 0.2) is 11.3 Å². The van der Waals surface area contributed by atoms with Gasteiger partial charge in [0, 0.05) is 23.8 Å². The van der Waals surface area contributed by atoms with Gasteiger partial charge in [-0.2, -0.15) is 0 Å². The van der Waals surface area contributed by atoms with Gasteiger partial charge in [0.1, 0.15) is 5.82 Å². The topological polar surface area (TPSA) is 70.9 Å². The molecule has 0 spiro atoms. The van der Waals surface area contributed by atoms with Gasteiger partial charge < -0.3 is 10.3 Å². The maximum atomic E-state index is 4.49. The van der Waals surface area contributed by atoms with Crippen molar-refractivity contribution in [1.82, 2.24) is 24.6 Å². The summed E-state index contributed by atoms with van der Waals surface area (Å²) in [4.78, 5) is 7.56. The van der Waals surface area contributed by atoms with Gasteiger partial charge >= 0.3 is 0 Å². The summed E-state index contributed by atoms with van der Waals surface area (Å²) in [5.41, 5.74) is 5.22. The molecule has 0 aliphatic heterocycles. The quantitative estimate of drug-likeness (QED) is 0.600. The third kappa shape index (κ3) is 2.45. The van der Waals surface area contributed by atoms with Crippen LogP contribution in [0.25, 0.3) is 16.8 Å². The highest BCUT2D eigenvalue weighted by molar-refractivity contribution is 5.74. The van der Waals surface area contributed by atoms with Gasteiger partial charge in [0.05, 0.1) is 11.7 Å². The Hall–Kier alpha value is -2.89. The van der Waals surface area contributed by atoms with Crippen LogP contribution in [0.1, 0.15) is 36.6 Å². The number of aryl methyl sites for hydroxylation is 1. The predicted octanol–water partition coefficient (Wildman–Crippen LogP) is 3.66. The van der Waals surface area contributed by atoms with E-state index in [-0.39, 0.29) is 0 Å². The monoisotopic (exact) mass is 332 g/mol. The minimum absolute atomic E-state index is 0.415. The fourth-order valence-corrected chi connectivity index (χ4v) is 3.90. The van der Waals surface area contributed by atoms with Crippen LogP contribution >= 0.6 is 0 Å². The van der Waals surface area contributed by atoms with Crippen LogP contribution in [-0.2, 0) is 0 Å². The first kappa shape index (κ1) is 14.5. The van der Waals surface area contributed by atoms with E-state index in [0.29, 0.717) is 12.0 Å². The molecule has 126 valence electrons. The van der Waals surface area contributed by atoms with Crippen LogP contribution in [-0.4, -0.2) is 30.6 Å². The molecule has 6 nitrogen and oxygen atoms in total. The minimum Gasteiger partial charge on any atom is -0.382 e. The van der Waals surface area contributed by atoms with Gasteiger partial charge in [-0.1, -0.05) is 17.7 Å². The molecule has 4 aromatic rings. The molecule has 1 aliphatic carbocycles. The van der Waals surface area contributed by atoms with E-state index < -0.39 is 0 Å². The Bertz CT molecular complexity index is 1030. The molecule has 1 fully saturated rings. The molecule has 25 heavy (non-hydrogen) atoms. The molecule has 0 radical (unpaired) electrons. The molecule has 2 N–H and O–H groups in total. The summed E-state index contributed by atoms with van der Waals surface area (Å²) in [6, 6.07) is 11.1. The summed E-state index contributed by atoms with van der Waals surface area (Å²) >= 11 is 0. The highest BCUT2D eigenvalue weighted by Crippen LogP contribution is 2.35. The van der Waals surface area contributed by atoms with E-state index in [1.54, 1.807) is 6.20 Å². The van der Waals surface area contributed by atoms with E-state index in [9.17, 15) is 0 Å². The maximum absolute atomic E-state index is 4.49. The van der Waals surface area contributed by atoms with Crippen LogP contribution in [0.15, 0.2) is 42.7 Å². The molecule has 3 heterocycles. The number of fused-ring (bicyclic) bond motifs is 3. The van der Waals surface area contributed by atoms with Gasteiger partial charge in [-0.25, -0.2) is 4.98 Å². The van der Waals surface area contributed by atoms with Crippen LogP contribution < -0.4 is 5.32 Å². The third-order valence-corrected chi connectivity index (χ3v) is 5.19. The van der Waals surface area contributed by atoms with Crippen molar-refractivity contribution in [3.05, 3.63) is 54.1 Å². The number of rotatable bonds is 3. The molecule has 6 heteroatoms. The van der Waals surface area contributed by atoms with Crippen molar-refractivity contribution in [3.8, 4) is 0 Å². The second kappa shape index (κ2) is 5.58. The third-order valence-electron chi connectivity index (χ3n) is 5.19. The summed E-state index contributed by atoms with van der Waals surface area (Å²) in [5, 5.41) is 12.5. The van der Waals surface area contributed by atoms with Crippen molar-refractivity contribution in [3.63, 3.8) is 0 Å². The molecule has 2 atom stereocenters.